The maximum Gasteiger partial charge on any atom is 0.267 e. The van der Waals surface area contributed by atoms with Gasteiger partial charge in [0, 0.05) is 36.4 Å². The Labute approximate surface area is 373 Å². The molecular weight excluding hydrogens is 803 g/mol. The van der Waals surface area contributed by atoms with Crippen LogP contribution in [0.3, 0.4) is 0 Å². The fourth-order valence-electron chi connectivity index (χ4n) is 9.48. The first-order valence-corrected chi connectivity index (χ1v) is 24.9. The van der Waals surface area contributed by atoms with Gasteiger partial charge in [0.15, 0.2) is 0 Å². The number of benzene rings is 4. The number of hydrogen-bond donors (Lipinski definition) is 1. The van der Waals surface area contributed by atoms with Crippen molar-refractivity contribution >= 4 is 35.6 Å². The smallest absolute Gasteiger partial charge is 0.267 e. The normalized spacial score (nSPS) is 19.0. The van der Waals surface area contributed by atoms with E-state index in [1.165, 1.54) is 15.9 Å². The summed E-state index contributed by atoms with van der Waals surface area (Å²) in [5, 5.41) is 2.20. The molecule has 0 aliphatic carbocycles. The van der Waals surface area contributed by atoms with E-state index in [2.05, 4.69) is 160 Å². The van der Waals surface area contributed by atoms with Gasteiger partial charge in [0.05, 0.1) is 29.1 Å². The number of likely N-dealkylation sites (tertiary alicyclic amines) is 1. The van der Waals surface area contributed by atoms with E-state index in [4.69, 9.17) is 15.1 Å². The van der Waals surface area contributed by atoms with Gasteiger partial charge in [-0.2, -0.15) is 0 Å². The monoisotopic (exact) mass is 865 g/mol. The predicted octanol–water partition coefficient (Wildman–Crippen LogP) is 8.11. The second kappa shape index (κ2) is 18.9. The maximum absolute atomic E-state index is 15.4. The van der Waals surface area contributed by atoms with Gasteiger partial charge in [-0.25, -0.2) is 13.5 Å². The fourth-order valence-corrected chi connectivity index (χ4v) is 15.6. The molecule has 7 rings (SSSR count). The van der Waals surface area contributed by atoms with Gasteiger partial charge in [-0.3, -0.25) is 14.6 Å². The van der Waals surface area contributed by atoms with E-state index in [0.29, 0.717) is 25.3 Å². The van der Waals surface area contributed by atoms with Gasteiger partial charge >= 0.3 is 0 Å². The number of carbonyl (C=O) groups excluding carboxylic acids is 1. The summed E-state index contributed by atoms with van der Waals surface area (Å²) >= 11 is 0. The standard InChI is InChI=1S/C52H63N5O3SSi/c1-51(2,3)61(59)57-46(30-33-60-62(52(4,5)6,42-25-14-10-15-26-42)43-27-16-11-17-28-43)47-44(49(57)41-29-32-56(37-41)36-39-20-12-9-13-21-39)35-45(50(53)58)54-48(47)40-24-18-22-38(34-40)23-19-31-55(7)8/h9-18,20-22,24-28,34-35,41,46,49H,29-33,36-37H2,1-8H3,(H2,53,58)/t41-,46?,49?,61-/m1/s1. The number of primary amides is 1. The zero-order chi connectivity index (χ0) is 44.2. The number of nitrogens with two attached hydrogens (primary N) is 1. The Bertz CT molecular complexity index is 2380. The third kappa shape index (κ3) is 9.59. The lowest BCUT2D eigenvalue weighted by atomic mass is 9.89. The number of carbonyl (C=O) groups is 1. The van der Waals surface area contributed by atoms with E-state index in [1.54, 1.807) is 0 Å². The molecule has 1 aromatic heterocycles. The van der Waals surface area contributed by atoms with Crippen molar-refractivity contribution in [2.45, 2.75) is 82.8 Å². The molecule has 2 aliphatic heterocycles. The molecule has 62 heavy (non-hydrogen) atoms. The van der Waals surface area contributed by atoms with Crippen molar-refractivity contribution in [1.82, 2.24) is 19.1 Å². The Hall–Kier alpha value is -4.73. The number of pyridine rings is 1. The molecule has 0 saturated carbocycles. The number of nitrogens with zero attached hydrogens (tertiary/aromatic N) is 4. The lowest BCUT2D eigenvalue weighted by Gasteiger charge is -2.43. The molecule has 0 radical (unpaired) electrons. The second-order valence-corrected chi connectivity index (χ2v) is 25.5. The van der Waals surface area contributed by atoms with Crippen LogP contribution in [0.15, 0.2) is 121 Å². The van der Waals surface area contributed by atoms with E-state index < -0.39 is 30.0 Å². The Balaban J connectivity index is 1.39. The third-order valence-corrected chi connectivity index (χ3v) is 19.1. The summed E-state index contributed by atoms with van der Waals surface area (Å²) in [6.07, 6.45) is 1.48. The van der Waals surface area contributed by atoms with E-state index in [1.807, 2.05) is 43.3 Å². The van der Waals surface area contributed by atoms with Gasteiger partial charge in [-0.05, 0) is 105 Å². The SMILES string of the molecule is CN(C)CC#Cc1cccc(-c2nc(C(N)=O)cc3c2C(CCO[Si](c2ccccc2)(c2ccccc2)C(C)(C)C)N([S@](=O)C(C)(C)C)C3[C@@H]2CCN(Cc3ccccc3)C2)c1. The first-order chi connectivity index (χ1) is 29.6. The molecule has 0 spiro atoms. The van der Waals surface area contributed by atoms with Crippen molar-refractivity contribution in [2.24, 2.45) is 11.7 Å². The summed E-state index contributed by atoms with van der Waals surface area (Å²) in [4.78, 5) is 22.9. The Morgan fingerprint density at radius 3 is 2.10 bits per heavy atom. The van der Waals surface area contributed by atoms with Gasteiger partial charge in [-0.15, -0.1) is 0 Å². The van der Waals surface area contributed by atoms with Crippen molar-refractivity contribution < 1.29 is 13.4 Å². The minimum Gasteiger partial charge on any atom is -0.407 e. The molecule has 3 heterocycles. The zero-order valence-corrected chi connectivity index (χ0v) is 39.5. The predicted molar refractivity (Wildman–Crippen MR) is 257 cm³/mol. The van der Waals surface area contributed by atoms with Crippen LogP contribution < -0.4 is 16.1 Å². The van der Waals surface area contributed by atoms with Crippen molar-refractivity contribution in [3.8, 4) is 23.1 Å². The molecule has 0 bridgehead atoms. The topological polar surface area (TPSA) is 92.0 Å². The molecule has 1 fully saturated rings. The summed E-state index contributed by atoms with van der Waals surface area (Å²) in [6.45, 7) is 16.7. The molecule has 4 aromatic carbocycles. The zero-order valence-electron chi connectivity index (χ0n) is 37.7. The van der Waals surface area contributed by atoms with Gasteiger partial charge in [0.25, 0.3) is 14.2 Å². The van der Waals surface area contributed by atoms with E-state index in [9.17, 15) is 4.79 Å². The van der Waals surface area contributed by atoms with Crippen LogP contribution in [0.5, 0.6) is 0 Å². The van der Waals surface area contributed by atoms with Gasteiger partial charge in [0.1, 0.15) is 16.7 Å². The summed E-state index contributed by atoms with van der Waals surface area (Å²) in [6, 6.07) is 41.4. The number of aromatic nitrogens is 1. The van der Waals surface area contributed by atoms with Gasteiger partial charge in [0.2, 0.25) is 0 Å². The highest BCUT2D eigenvalue weighted by Crippen LogP contribution is 2.54. The van der Waals surface area contributed by atoms with Crippen molar-refractivity contribution in [3.63, 3.8) is 0 Å². The van der Waals surface area contributed by atoms with Gasteiger partial charge < -0.3 is 10.2 Å². The van der Waals surface area contributed by atoms with E-state index in [-0.39, 0.29) is 28.7 Å². The molecule has 5 aromatic rings. The van der Waals surface area contributed by atoms with Crippen molar-refractivity contribution in [3.05, 3.63) is 149 Å². The minimum absolute atomic E-state index is 0.130. The van der Waals surface area contributed by atoms with Crippen LogP contribution in [0.4, 0.5) is 0 Å². The summed E-state index contributed by atoms with van der Waals surface area (Å²) in [5.41, 5.74) is 12.0. The van der Waals surface area contributed by atoms with Crippen LogP contribution >= 0.6 is 0 Å². The third-order valence-electron chi connectivity index (χ3n) is 12.2. The van der Waals surface area contributed by atoms with Crippen molar-refractivity contribution in [1.29, 1.82) is 0 Å². The number of amides is 1. The highest BCUT2D eigenvalue weighted by atomic mass is 32.2. The number of fused-ring (bicyclic) bond motifs is 1. The molecule has 2 unspecified atom stereocenters. The van der Waals surface area contributed by atoms with E-state index >= 15 is 4.21 Å². The quantitative estimate of drug-likeness (QED) is 0.0951. The summed E-state index contributed by atoms with van der Waals surface area (Å²) in [5.74, 6) is 6.15. The molecule has 4 atom stereocenters. The van der Waals surface area contributed by atoms with Crippen LogP contribution in [0.1, 0.15) is 99.2 Å². The Morgan fingerprint density at radius 1 is 0.887 bits per heavy atom. The molecule has 10 heteroatoms. The first-order valence-electron chi connectivity index (χ1n) is 21.9. The van der Waals surface area contributed by atoms with E-state index in [0.717, 1.165) is 48.3 Å². The van der Waals surface area contributed by atoms with Crippen LogP contribution in [-0.2, 0) is 22.0 Å². The van der Waals surface area contributed by atoms with Crippen LogP contribution in [0, 0.1) is 17.8 Å². The highest BCUT2D eigenvalue weighted by molar-refractivity contribution is 7.84. The Kier molecular flexibility index (Phi) is 13.8. The largest absolute Gasteiger partial charge is 0.407 e. The average Bonchev–Trinajstić information content (AvgIpc) is 3.83. The molecule has 2 N–H and O–H groups in total. The summed E-state index contributed by atoms with van der Waals surface area (Å²) < 4.78 is 24.7. The molecular formula is C52H63N5O3SSi. The van der Waals surface area contributed by atoms with Crippen molar-refractivity contribution in [2.75, 3.05) is 40.3 Å². The average molecular weight is 866 g/mol. The maximum atomic E-state index is 15.4. The lowest BCUT2D eigenvalue weighted by molar-refractivity contribution is 0.0995. The second-order valence-electron chi connectivity index (χ2n) is 19.1. The highest BCUT2D eigenvalue weighted by Gasteiger charge is 2.53. The first kappa shape index (κ1) is 45.3. The van der Waals surface area contributed by atoms with Crippen LogP contribution in [0.25, 0.3) is 11.3 Å². The minimum atomic E-state index is -2.91. The van der Waals surface area contributed by atoms with Gasteiger partial charge in [-0.1, -0.05) is 136 Å². The molecule has 2 aliphatic rings. The molecule has 324 valence electrons. The summed E-state index contributed by atoms with van der Waals surface area (Å²) in [7, 11) is -0.367. The lowest BCUT2D eigenvalue weighted by Crippen LogP contribution is -2.66. The van der Waals surface area contributed by atoms with Crippen LogP contribution in [0.2, 0.25) is 5.04 Å². The van der Waals surface area contributed by atoms with Crippen LogP contribution in [-0.4, -0.2) is 82.6 Å². The fraction of sp³-hybridized carbons (Fsp3) is 0.385. The molecule has 1 saturated heterocycles. The molecule has 1 amide bonds. The number of hydrogen-bond acceptors (Lipinski definition) is 6. The molecule has 8 nitrogen and oxygen atoms in total. The number of rotatable bonds is 13. The Morgan fingerprint density at radius 2 is 1.52 bits per heavy atom.